The van der Waals surface area contributed by atoms with E-state index < -0.39 is 17.4 Å². The molecule has 16 heavy (non-hydrogen) atoms. The molecule has 1 atom stereocenters. The van der Waals surface area contributed by atoms with Crippen molar-refractivity contribution in [1.82, 2.24) is 4.90 Å². The Kier molecular flexibility index (Phi) is 2.56. The van der Waals surface area contributed by atoms with E-state index in [0.717, 1.165) is 0 Å². The number of nitriles is 1. The van der Waals surface area contributed by atoms with Gasteiger partial charge in [0.25, 0.3) is 0 Å². The van der Waals surface area contributed by atoms with E-state index in [0.29, 0.717) is 26.0 Å². The second-order valence-corrected chi connectivity index (χ2v) is 4.19. The maximum absolute atomic E-state index is 12.1. The molecule has 2 aliphatic rings. The van der Waals surface area contributed by atoms with E-state index in [1.165, 1.54) is 4.90 Å². The molecule has 86 valence electrons. The van der Waals surface area contributed by atoms with E-state index in [-0.39, 0.29) is 12.5 Å². The average Bonchev–Trinajstić information content (AvgIpc) is 3.09. The van der Waals surface area contributed by atoms with Crippen LogP contribution in [0.15, 0.2) is 0 Å². The Balaban J connectivity index is 2.15. The highest BCUT2D eigenvalue weighted by atomic mass is 16.5. The van der Waals surface area contributed by atoms with Crippen molar-refractivity contribution in [3.63, 3.8) is 0 Å². The summed E-state index contributed by atoms with van der Waals surface area (Å²) in [5.74, 6) is -0.858. The van der Waals surface area contributed by atoms with E-state index >= 15 is 0 Å². The number of hydrogen-bond acceptors (Lipinski definition) is 4. The van der Waals surface area contributed by atoms with Gasteiger partial charge in [0.1, 0.15) is 11.5 Å². The molecule has 1 saturated carbocycles. The van der Waals surface area contributed by atoms with Gasteiger partial charge in [0, 0.05) is 6.54 Å². The van der Waals surface area contributed by atoms with E-state index in [4.69, 9.17) is 15.7 Å². The summed E-state index contributed by atoms with van der Waals surface area (Å²) in [6.07, 6.45) is 1.15. The lowest BCUT2D eigenvalue weighted by atomic mass is 10.1. The van der Waals surface area contributed by atoms with Crippen molar-refractivity contribution in [2.75, 3.05) is 19.8 Å². The third-order valence-corrected chi connectivity index (χ3v) is 3.09. The van der Waals surface area contributed by atoms with Gasteiger partial charge in [-0.1, -0.05) is 0 Å². The normalized spacial score (nSPS) is 26.9. The molecular weight excluding hydrogens is 210 g/mol. The third-order valence-electron chi connectivity index (χ3n) is 3.09. The van der Waals surface area contributed by atoms with E-state index in [2.05, 4.69) is 0 Å². The highest BCUT2D eigenvalue weighted by molar-refractivity contribution is 5.93. The molecule has 1 aliphatic heterocycles. The number of hydrogen-bond donors (Lipinski definition) is 1. The number of nitrogens with two attached hydrogens (primary N) is 1. The lowest BCUT2D eigenvalue weighted by molar-refractivity contribution is -0.150. The van der Waals surface area contributed by atoms with E-state index in [1.54, 1.807) is 0 Å². The first kappa shape index (κ1) is 10.9. The molecule has 1 aliphatic carbocycles. The minimum absolute atomic E-state index is 0.128. The van der Waals surface area contributed by atoms with Crippen LogP contribution in [0.1, 0.15) is 12.8 Å². The molecule has 0 bridgehead atoms. The van der Waals surface area contributed by atoms with Crippen molar-refractivity contribution in [2.45, 2.75) is 18.9 Å². The summed E-state index contributed by atoms with van der Waals surface area (Å²) in [7, 11) is 0. The Labute approximate surface area is 92.9 Å². The number of nitrogens with zero attached hydrogens (tertiary/aromatic N) is 2. The lowest BCUT2D eigenvalue weighted by Crippen LogP contribution is -2.56. The first-order valence-corrected chi connectivity index (χ1v) is 5.20. The van der Waals surface area contributed by atoms with Crippen LogP contribution < -0.4 is 5.73 Å². The van der Waals surface area contributed by atoms with Crippen LogP contribution in [0, 0.1) is 16.7 Å². The summed E-state index contributed by atoms with van der Waals surface area (Å²) < 4.78 is 5.11. The van der Waals surface area contributed by atoms with Crippen LogP contribution in [-0.4, -0.2) is 42.5 Å². The lowest BCUT2D eigenvalue weighted by Gasteiger charge is -2.34. The van der Waals surface area contributed by atoms with E-state index in [1.807, 2.05) is 6.07 Å². The Morgan fingerprint density at radius 2 is 2.19 bits per heavy atom. The van der Waals surface area contributed by atoms with Gasteiger partial charge in [0.15, 0.2) is 0 Å². The Hall–Kier alpha value is -1.61. The van der Waals surface area contributed by atoms with Crippen molar-refractivity contribution >= 4 is 11.8 Å². The average molecular weight is 223 g/mol. The summed E-state index contributed by atoms with van der Waals surface area (Å²) in [6.45, 7) is 0.843. The smallest absolute Gasteiger partial charge is 0.243 e. The van der Waals surface area contributed by atoms with Crippen LogP contribution in [0.25, 0.3) is 0 Å². The fourth-order valence-electron chi connectivity index (χ4n) is 1.86. The van der Waals surface area contributed by atoms with Crippen molar-refractivity contribution in [3.8, 4) is 6.07 Å². The summed E-state index contributed by atoms with van der Waals surface area (Å²) in [5.41, 5.74) is 4.31. The van der Waals surface area contributed by atoms with Gasteiger partial charge < -0.3 is 15.4 Å². The van der Waals surface area contributed by atoms with Gasteiger partial charge in [-0.15, -0.1) is 0 Å². The predicted molar refractivity (Wildman–Crippen MR) is 52.8 cm³/mol. The summed E-state index contributed by atoms with van der Waals surface area (Å²) in [4.78, 5) is 24.6. The SMILES string of the molecule is N#CC1(C(=O)N2CCOCC2C(N)=O)CC1. The predicted octanol–water partition coefficient (Wildman–Crippen LogP) is -0.997. The number of amides is 2. The topological polar surface area (TPSA) is 96.4 Å². The van der Waals surface area contributed by atoms with Crippen molar-refractivity contribution in [1.29, 1.82) is 5.26 Å². The van der Waals surface area contributed by atoms with Gasteiger partial charge in [0.2, 0.25) is 11.8 Å². The number of morpholine rings is 1. The van der Waals surface area contributed by atoms with Gasteiger partial charge in [0.05, 0.1) is 19.3 Å². The molecule has 0 radical (unpaired) electrons. The molecule has 1 heterocycles. The summed E-state index contributed by atoms with van der Waals surface area (Å²) >= 11 is 0. The highest BCUT2D eigenvalue weighted by Gasteiger charge is 2.54. The van der Waals surface area contributed by atoms with Crippen LogP contribution in [0.2, 0.25) is 0 Å². The summed E-state index contributed by atoms with van der Waals surface area (Å²) in [6, 6.07) is 1.30. The molecule has 0 aromatic heterocycles. The zero-order chi connectivity index (χ0) is 11.8. The molecule has 2 amide bonds. The molecule has 0 aromatic carbocycles. The number of rotatable bonds is 2. The molecule has 6 heteroatoms. The minimum Gasteiger partial charge on any atom is -0.377 e. The Bertz CT molecular complexity index is 370. The fourth-order valence-corrected chi connectivity index (χ4v) is 1.86. The Morgan fingerprint density at radius 3 is 2.69 bits per heavy atom. The molecule has 0 aromatic rings. The van der Waals surface area contributed by atoms with Crippen LogP contribution in [0.5, 0.6) is 0 Å². The van der Waals surface area contributed by atoms with Crippen molar-refractivity contribution in [2.24, 2.45) is 11.1 Å². The third kappa shape index (κ3) is 1.63. The van der Waals surface area contributed by atoms with Gasteiger partial charge in [-0.2, -0.15) is 5.26 Å². The quantitative estimate of drug-likeness (QED) is 0.649. The highest BCUT2D eigenvalue weighted by Crippen LogP contribution is 2.46. The molecular formula is C10H13N3O3. The van der Waals surface area contributed by atoms with E-state index in [9.17, 15) is 9.59 Å². The van der Waals surface area contributed by atoms with Gasteiger partial charge in [-0.3, -0.25) is 9.59 Å². The molecule has 6 nitrogen and oxygen atoms in total. The summed E-state index contributed by atoms with van der Waals surface area (Å²) in [5, 5.41) is 8.94. The molecule has 2 fully saturated rings. The Morgan fingerprint density at radius 1 is 1.50 bits per heavy atom. The number of carbonyl (C=O) groups excluding carboxylic acids is 2. The van der Waals surface area contributed by atoms with Crippen LogP contribution >= 0.6 is 0 Å². The monoisotopic (exact) mass is 223 g/mol. The standard InChI is InChI=1S/C10H13N3O3/c11-6-10(1-2-10)9(15)13-3-4-16-5-7(13)8(12)14/h7H,1-5H2,(H2,12,14). The minimum atomic E-state index is -0.898. The first-order valence-electron chi connectivity index (χ1n) is 5.20. The molecule has 0 spiro atoms. The van der Waals surface area contributed by atoms with Crippen molar-refractivity contribution in [3.05, 3.63) is 0 Å². The van der Waals surface area contributed by atoms with Gasteiger partial charge in [-0.25, -0.2) is 0 Å². The van der Waals surface area contributed by atoms with Crippen LogP contribution in [0.3, 0.4) is 0 Å². The zero-order valence-corrected chi connectivity index (χ0v) is 8.81. The molecule has 2 N–H and O–H groups in total. The number of primary amides is 1. The van der Waals surface area contributed by atoms with Crippen molar-refractivity contribution < 1.29 is 14.3 Å². The van der Waals surface area contributed by atoms with Crippen LogP contribution in [-0.2, 0) is 14.3 Å². The van der Waals surface area contributed by atoms with Crippen LogP contribution in [0.4, 0.5) is 0 Å². The zero-order valence-electron chi connectivity index (χ0n) is 8.81. The molecule has 1 unspecified atom stereocenters. The second kappa shape index (κ2) is 3.76. The number of carbonyl (C=O) groups is 2. The molecule has 2 rings (SSSR count). The first-order chi connectivity index (χ1) is 7.60. The molecule has 1 saturated heterocycles. The maximum Gasteiger partial charge on any atom is 0.243 e. The fraction of sp³-hybridized carbons (Fsp3) is 0.700. The van der Waals surface area contributed by atoms with Gasteiger partial charge in [-0.05, 0) is 12.8 Å². The number of ether oxygens (including phenoxy) is 1. The van der Waals surface area contributed by atoms with Gasteiger partial charge >= 0.3 is 0 Å². The largest absolute Gasteiger partial charge is 0.377 e. The maximum atomic E-state index is 12.1. The second-order valence-electron chi connectivity index (χ2n) is 4.19.